The molecule has 0 aromatic heterocycles. The molecule has 0 bridgehead atoms. The van der Waals surface area contributed by atoms with Crippen LogP contribution in [-0.2, 0) is 11.2 Å². The lowest BCUT2D eigenvalue weighted by molar-refractivity contribution is -0.121. The fraction of sp³-hybridized carbons (Fsp3) is 0.571. The first-order chi connectivity index (χ1) is 12.0. The predicted octanol–water partition coefficient (Wildman–Crippen LogP) is 4.22. The highest BCUT2D eigenvalue weighted by Gasteiger charge is 2.21. The number of aromatic hydroxyl groups is 1. The molecule has 138 valence electrons. The summed E-state index contributed by atoms with van der Waals surface area (Å²) in [4.78, 5) is 12.3. The molecule has 2 rings (SSSR count). The van der Waals surface area contributed by atoms with Gasteiger partial charge in [0.05, 0.1) is 13.5 Å². The number of nitrogens with one attached hydrogen (secondary N) is 1. The van der Waals surface area contributed by atoms with E-state index < -0.39 is 0 Å². The van der Waals surface area contributed by atoms with Crippen LogP contribution in [0.2, 0.25) is 0 Å². The van der Waals surface area contributed by atoms with Gasteiger partial charge in [-0.2, -0.15) is 0 Å². The minimum Gasteiger partial charge on any atom is -0.504 e. The number of carbonyl (C=O) groups is 1. The molecule has 0 atom stereocenters. The van der Waals surface area contributed by atoms with E-state index in [0.717, 1.165) is 37.7 Å². The van der Waals surface area contributed by atoms with E-state index in [1.54, 1.807) is 18.2 Å². The molecule has 0 spiro atoms. The average molecular weight is 345 g/mol. The molecule has 4 heteroatoms. The Morgan fingerprint density at radius 3 is 2.68 bits per heavy atom. The van der Waals surface area contributed by atoms with E-state index >= 15 is 0 Å². The Morgan fingerprint density at radius 2 is 2.04 bits per heavy atom. The largest absolute Gasteiger partial charge is 0.504 e. The lowest BCUT2D eigenvalue weighted by atomic mass is 9.85. The molecular formula is C21H31NO3. The van der Waals surface area contributed by atoms with Gasteiger partial charge in [0.15, 0.2) is 11.5 Å². The second kappa shape index (κ2) is 9.50. The van der Waals surface area contributed by atoms with Crippen molar-refractivity contribution in [2.24, 2.45) is 11.8 Å². The Kier molecular flexibility index (Phi) is 7.35. The normalized spacial score (nSPS) is 20.8. The third-order valence-corrected chi connectivity index (χ3v) is 4.76. The minimum atomic E-state index is 0.0338. The van der Waals surface area contributed by atoms with Crippen LogP contribution in [0.5, 0.6) is 11.5 Å². The Morgan fingerprint density at radius 1 is 1.32 bits per heavy atom. The SMILES string of the molecule is COc1cc(CC(=O)NC2CCC(/C=C\CC(C)C)CC2)ccc1O. The highest BCUT2D eigenvalue weighted by molar-refractivity contribution is 5.79. The summed E-state index contributed by atoms with van der Waals surface area (Å²) < 4.78 is 5.09. The number of phenolic OH excluding ortho intramolecular Hbond substituents is 1. The van der Waals surface area contributed by atoms with Crippen molar-refractivity contribution in [3.05, 3.63) is 35.9 Å². The van der Waals surface area contributed by atoms with Crippen molar-refractivity contribution in [1.82, 2.24) is 5.32 Å². The second-order valence-corrected chi connectivity index (χ2v) is 7.42. The maximum absolute atomic E-state index is 12.3. The molecule has 1 aromatic carbocycles. The molecule has 1 saturated carbocycles. The summed E-state index contributed by atoms with van der Waals surface area (Å²) in [5.74, 6) is 1.90. The fourth-order valence-corrected chi connectivity index (χ4v) is 3.30. The number of carbonyl (C=O) groups excluding carboxylic acids is 1. The summed E-state index contributed by atoms with van der Waals surface area (Å²) in [6.45, 7) is 4.47. The zero-order valence-electron chi connectivity index (χ0n) is 15.6. The van der Waals surface area contributed by atoms with Gasteiger partial charge in [0, 0.05) is 6.04 Å². The van der Waals surface area contributed by atoms with Crippen molar-refractivity contribution in [3.63, 3.8) is 0 Å². The van der Waals surface area contributed by atoms with Crippen LogP contribution in [0.15, 0.2) is 30.4 Å². The highest BCUT2D eigenvalue weighted by Crippen LogP contribution is 2.27. The molecule has 1 aromatic rings. The number of ether oxygens (including phenoxy) is 1. The van der Waals surface area contributed by atoms with Gasteiger partial charge in [-0.1, -0.05) is 32.1 Å². The van der Waals surface area contributed by atoms with E-state index in [1.165, 1.54) is 7.11 Å². The summed E-state index contributed by atoms with van der Waals surface area (Å²) in [6, 6.07) is 5.32. The number of hydrogen-bond donors (Lipinski definition) is 2. The molecule has 0 radical (unpaired) electrons. The monoisotopic (exact) mass is 345 g/mol. The third-order valence-electron chi connectivity index (χ3n) is 4.76. The summed E-state index contributed by atoms with van der Waals surface area (Å²) in [5, 5.41) is 12.8. The first-order valence-corrected chi connectivity index (χ1v) is 9.29. The third kappa shape index (κ3) is 6.45. The molecule has 1 fully saturated rings. The first kappa shape index (κ1) is 19.4. The summed E-state index contributed by atoms with van der Waals surface area (Å²) in [7, 11) is 1.51. The van der Waals surface area contributed by atoms with E-state index in [0.29, 0.717) is 24.0 Å². The van der Waals surface area contributed by atoms with Gasteiger partial charge < -0.3 is 15.2 Å². The van der Waals surface area contributed by atoms with Gasteiger partial charge in [-0.25, -0.2) is 0 Å². The van der Waals surface area contributed by atoms with Crippen molar-refractivity contribution in [2.45, 2.75) is 58.4 Å². The molecule has 4 nitrogen and oxygen atoms in total. The van der Waals surface area contributed by atoms with Crippen molar-refractivity contribution >= 4 is 5.91 Å². The van der Waals surface area contributed by atoms with Crippen LogP contribution in [0.4, 0.5) is 0 Å². The molecule has 1 aliphatic carbocycles. The van der Waals surface area contributed by atoms with Gasteiger partial charge in [-0.15, -0.1) is 0 Å². The van der Waals surface area contributed by atoms with Gasteiger partial charge in [0.2, 0.25) is 5.91 Å². The Bertz CT molecular complexity index is 587. The van der Waals surface area contributed by atoms with Gasteiger partial charge in [-0.3, -0.25) is 4.79 Å². The number of phenols is 1. The zero-order chi connectivity index (χ0) is 18.2. The molecule has 25 heavy (non-hydrogen) atoms. The fourth-order valence-electron chi connectivity index (χ4n) is 3.30. The second-order valence-electron chi connectivity index (χ2n) is 7.42. The van der Waals surface area contributed by atoms with E-state index in [2.05, 4.69) is 31.3 Å². The molecule has 2 N–H and O–H groups in total. The van der Waals surface area contributed by atoms with Gasteiger partial charge >= 0.3 is 0 Å². The first-order valence-electron chi connectivity index (χ1n) is 9.29. The Balaban J connectivity index is 1.76. The average Bonchev–Trinajstić information content (AvgIpc) is 2.58. The summed E-state index contributed by atoms with van der Waals surface area (Å²) >= 11 is 0. The molecule has 0 unspecified atom stereocenters. The van der Waals surface area contributed by atoms with Gasteiger partial charge in [0.1, 0.15) is 0 Å². The molecule has 1 amide bonds. The number of allylic oxidation sites excluding steroid dienone is 2. The molecule has 1 aliphatic rings. The van der Waals surface area contributed by atoms with Gasteiger partial charge in [0.25, 0.3) is 0 Å². The zero-order valence-corrected chi connectivity index (χ0v) is 15.6. The van der Waals surface area contributed by atoms with Crippen molar-refractivity contribution in [2.75, 3.05) is 7.11 Å². The van der Waals surface area contributed by atoms with E-state index in [1.807, 2.05) is 0 Å². The molecule has 0 aliphatic heterocycles. The van der Waals surface area contributed by atoms with E-state index in [-0.39, 0.29) is 17.7 Å². The maximum atomic E-state index is 12.3. The lowest BCUT2D eigenvalue weighted by Gasteiger charge is -2.27. The molecule has 0 saturated heterocycles. The number of rotatable bonds is 7. The molecular weight excluding hydrogens is 314 g/mol. The Hall–Kier alpha value is -1.97. The van der Waals surface area contributed by atoms with Crippen LogP contribution < -0.4 is 10.1 Å². The van der Waals surface area contributed by atoms with E-state index in [4.69, 9.17) is 4.74 Å². The molecule has 0 heterocycles. The minimum absolute atomic E-state index is 0.0338. The number of amides is 1. The van der Waals surface area contributed by atoms with Crippen molar-refractivity contribution in [3.8, 4) is 11.5 Å². The van der Waals surface area contributed by atoms with Crippen LogP contribution in [0.3, 0.4) is 0 Å². The summed E-state index contributed by atoms with van der Waals surface area (Å²) in [5.41, 5.74) is 0.845. The van der Waals surface area contributed by atoms with Gasteiger partial charge in [-0.05, 0) is 61.6 Å². The topological polar surface area (TPSA) is 58.6 Å². The highest BCUT2D eigenvalue weighted by atomic mass is 16.5. The van der Waals surface area contributed by atoms with Crippen molar-refractivity contribution in [1.29, 1.82) is 0 Å². The smallest absolute Gasteiger partial charge is 0.224 e. The summed E-state index contributed by atoms with van der Waals surface area (Å²) in [6.07, 6.45) is 10.5. The standard InChI is InChI=1S/C21H31NO3/c1-15(2)5-4-6-16-7-10-18(11-8-16)22-21(24)14-17-9-12-19(23)20(13-17)25-3/h4,6,9,12-13,15-16,18,23H,5,7-8,10-11,14H2,1-3H3,(H,22,24)/b6-4-. The van der Waals surface area contributed by atoms with Crippen LogP contribution in [0.1, 0.15) is 51.5 Å². The Labute approximate surface area is 151 Å². The quantitative estimate of drug-likeness (QED) is 0.728. The number of methoxy groups -OCH3 is 1. The van der Waals surface area contributed by atoms with E-state index in [9.17, 15) is 9.90 Å². The van der Waals surface area contributed by atoms with Crippen LogP contribution in [0, 0.1) is 11.8 Å². The van der Waals surface area contributed by atoms with Crippen LogP contribution in [0.25, 0.3) is 0 Å². The van der Waals surface area contributed by atoms with Crippen LogP contribution in [-0.4, -0.2) is 24.2 Å². The predicted molar refractivity (Wildman–Crippen MR) is 101 cm³/mol. The lowest BCUT2D eigenvalue weighted by Crippen LogP contribution is -2.38. The van der Waals surface area contributed by atoms with Crippen LogP contribution >= 0.6 is 0 Å². The number of benzene rings is 1. The van der Waals surface area contributed by atoms with Crippen molar-refractivity contribution < 1.29 is 14.6 Å². The maximum Gasteiger partial charge on any atom is 0.224 e. The number of hydrogen-bond acceptors (Lipinski definition) is 3.